The Morgan fingerprint density at radius 3 is 2.07 bits per heavy atom. The first-order chi connectivity index (χ1) is 12.8. The third-order valence-electron chi connectivity index (χ3n) is 4.04. The van der Waals surface area contributed by atoms with Crippen LogP contribution in [0.4, 0.5) is 4.79 Å². The normalized spacial score (nSPS) is 15.5. The van der Waals surface area contributed by atoms with Crippen molar-refractivity contribution in [3.63, 3.8) is 0 Å². The quantitative estimate of drug-likeness (QED) is 0.380. The van der Waals surface area contributed by atoms with Gasteiger partial charge in [-0.2, -0.15) is 4.72 Å². The lowest BCUT2D eigenvalue weighted by Gasteiger charge is -2.40. The predicted octanol–water partition coefficient (Wildman–Crippen LogP) is 3.41. The van der Waals surface area contributed by atoms with E-state index in [9.17, 15) is 13.2 Å². The van der Waals surface area contributed by atoms with Crippen molar-refractivity contribution in [1.29, 1.82) is 0 Å². The molecular weight excluding hydrogens is 396 g/mol. The molecule has 3 N–H and O–H groups in total. The third kappa shape index (κ3) is 4.69. The van der Waals surface area contributed by atoms with Gasteiger partial charge in [-0.25, -0.2) is 18.7 Å². The summed E-state index contributed by atoms with van der Waals surface area (Å²) in [5.74, 6) is 1.01. The summed E-state index contributed by atoms with van der Waals surface area (Å²) in [5.41, 5.74) is -0.0293. The van der Waals surface area contributed by atoms with E-state index in [0.717, 1.165) is 0 Å². The van der Waals surface area contributed by atoms with Gasteiger partial charge in [0.15, 0.2) is 5.72 Å². The third-order valence-corrected chi connectivity index (χ3v) is 5.83. The summed E-state index contributed by atoms with van der Waals surface area (Å²) in [7, 11) is -3.94. The summed E-state index contributed by atoms with van der Waals surface area (Å²) in [4.78, 5) is 11.2. The van der Waals surface area contributed by atoms with Crippen LogP contribution in [0.25, 0.3) is 0 Å². The van der Waals surface area contributed by atoms with E-state index in [1.807, 2.05) is 0 Å². The highest BCUT2D eigenvalue weighted by Crippen LogP contribution is 2.35. The maximum Gasteiger partial charge on any atom is 0.432 e. The van der Waals surface area contributed by atoms with E-state index >= 15 is 0 Å². The number of ether oxygens (including phenoxy) is 2. The van der Waals surface area contributed by atoms with E-state index in [1.54, 1.807) is 24.3 Å². The lowest BCUT2D eigenvalue weighted by Crippen LogP contribution is -2.57. The molecular formula is C17H17ClN2O6S. The lowest BCUT2D eigenvalue weighted by atomic mass is 9.89. The molecule has 1 aliphatic carbocycles. The number of amides is 1. The number of hydrogen-bond donors (Lipinski definition) is 3. The minimum absolute atomic E-state index is 0.00904. The highest BCUT2D eigenvalue weighted by atomic mass is 35.5. The lowest BCUT2D eigenvalue weighted by molar-refractivity contribution is -0.0677. The summed E-state index contributed by atoms with van der Waals surface area (Å²) in [5, 5.41) is 9.16. The molecule has 0 aliphatic heterocycles. The Hall–Kier alpha value is -2.33. The summed E-state index contributed by atoms with van der Waals surface area (Å²) in [6, 6.07) is 12.5. The molecule has 1 amide bonds. The molecule has 1 saturated carbocycles. The Morgan fingerprint density at radius 1 is 1.04 bits per heavy atom. The Labute approximate surface area is 161 Å². The smallest absolute Gasteiger partial charge is 0.432 e. The minimum Gasteiger partial charge on any atom is -0.457 e. The second-order valence-corrected chi connectivity index (χ2v) is 8.10. The fourth-order valence-electron chi connectivity index (χ4n) is 2.55. The monoisotopic (exact) mass is 412 g/mol. The molecule has 0 bridgehead atoms. The second-order valence-electron chi connectivity index (χ2n) is 5.98. The number of benzene rings is 2. The van der Waals surface area contributed by atoms with Crippen LogP contribution in [0.3, 0.4) is 0 Å². The molecule has 10 heteroatoms. The molecule has 0 spiro atoms. The highest BCUT2D eigenvalue weighted by Gasteiger charge is 2.44. The minimum atomic E-state index is -3.94. The summed E-state index contributed by atoms with van der Waals surface area (Å²) >= 11 is 5.82. The van der Waals surface area contributed by atoms with Gasteiger partial charge in [-0.3, -0.25) is 5.21 Å². The summed E-state index contributed by atoms with van der Waals surface area (Å²) < 4.78 is 38.1. The van der Waals surface area contributed by atoms with Gasteiger partial charge < -0.3 is 9.47 Å². The molecule has 0 radical (unpaired) electrons. The molecule has 1 fully saturated rings. The summed E-state index contributed by atoms with van der Waals surface area (Å²) in [6.07, 6.45) is 0.202. The van der Waals surface area contributed by atoms with Gasteiger partial charge in [0.1, 0.15) is 11.5 Å². The van der Waals surface area contributed by atoms with Gasteiger partial charge >= 0.3 is 6.09 Å². The van der Waals surface area contributed by atoms with Gasteiger partial charge in [0, 0.05) is 17.9 Å². The fourth-order valence-corrected chi connectivity index (χ4v) is 4.03. The average molecular weight is 413 g/mol. The molecule has 0 saturated heterocycles. The first kappa shape index (κ1) is 19.4. The van der Waals surface area contributed by atoms with E-state index in [1.165, 1.54) is 29.7 Å². The zero-order chi connectivity index (χ0) is 19.5. The fraction of sp³-hybridized carbons (Fsp3) is 0.235. The molecule has 0 heterocycles. The SMILES string of the molecule is O=C(NO)OC1(NS(=O)(=O)c2ccc(Oc3ccc(Cl)cc3)cc2)CCC1. The van der Waals surface area contributed by atoms with Gasteiger partial charge in [0.05, 0.1) is 4.90 Å². The molecule has 2 aromatic carbocycles. The molecule has 8 nitrogen and oxygen atoms in total. The van der Waals surface area contributed by atoms with E-state index in [-0.39, 0.29) is 4.90 Å². The van der Waals surface area contributed by atoms with Crippen LogP contribution >= 0.6 is 11.6 Å². The first-order valence-corrected chi connectivity index (χ1v) is 9.89. The first-order valence-electron chi connectivity index (χ1n) is 8.02. The van der Waals surface area contributed by atoms with Crippen LogP contribution in [-0.4, -0.2) is 25.4 Å². The van der Waals surface area contributed by atoms with Crippen LogP contribution in [0.15, 0.2) is 53.4 Å². The number of hydroxylamine groups is 1. The van der Waals surface area contributed by atoms with Crippen molar-refractivity contribution < 1.29 is 27.9 Å². The van der Waals surface area contributed by atoms with Gasteiger partial charge in [0.2, 0.25) is 10.0 Å². The van der Waals surface area contributed by atoms with Gasteiger partial charge in [0.25, 0.3) is 0 Å². The van der Waals surface area contributed by atoms with Gasteiger partial charge in [-0.15, -0.1) is 0 Å². The van der Waals surface area contributed by atoms with Crippen LogP contribution in [0.5, 0.6) is 11.5 Å². The molecule has 2 aromatic rings. The number of carbonyl (C=O) groups is 1. The van der Waals surface area contributed by atoms with Gasteiger partial charge in [-0.05, 0) is 55.0 Å². The van der Waals surface area contributed by atoms with Crippen molar-refractivity contribution in [3.05, 3.63) is 53.6 Å². The number of carbonyl (C=O) groups excluding carboxylic acids is 1. The molecule has 1 aliphatic rings. The van der Waals surface area contributed by atoms with E-state index in [4.69, 9.17) is 26.3 Å². The molecule has 144 valence electrons. The number of hydrogen-bond acceptors (Lipinski definition) is 6. The predicted molar refractivity (Wildman–Crippen MR) is 96.3 cm³/mol. The number of nitrogens with one attached hydrogen (secondary N) is 2. The zero-order valence-corrected chi connectivity index (χ0v) is 15.6. The van der Waals surface area contributed by atoms with Crippen molar-refractivity contribution in [2.45, 2.75) is 29.9 Å². The van der Waals surface area contributed by atoms with Crippen molar-refractivity contribution in [3.8, 4) is 11.5 Å². The van der Waals surface area contributed by atoms with E-state index in [2.05, 4.69) is 4.72 Å². The standard InChI is InChI=1S/C17H17ClN2O6S/c18-12-2-4-13(5-3-12)25-14-6-8-15(9-7-14)27(23,24)20-17(10-1-11-17)26-16(21)19-22/h2-9,20,22H,1,10-11H2,(H,19,21). The molecule has 3 rings (SSSR count). The largest absolute Gasteiger partial charge is 0.457 e. The van der Waals surface area contributed by atoms with Crippen molar-refractivity contribution in [1.82, 2.24) is 10.2 Å². The molecule has 27 heavy (non-hydrogen) atoms. The van der Waals surface area contributed by atoms with Gasteiger partial charge in [-0.1, -0.05) is 11.6 Å². The zero-order valence-electron chi connectivity index (χ0n) is 14.0. The Kier molecular flexibility index (Phi) is 5.56. The van der Waals surface area contributed by atoms with Crippen molar-refractivity contribution >= 4 is 27.7 Å². The van der Waals surface area contributed by atoms with Crippen LogP contribution < -0.4 is 14.9 Å². The number of sulfonamides is 1. The average Bonchev–Trinajstić information content (AvgIpc) is 2.62. The highest BCUT2D eigenvalue weighted by molar-refractivity contribution is 7.89. The Morgan fingerprint density at radius 2 is 1.59 bits per heavy atom. The Bertz CT molecular complexity index is 911. The Balaban J connectivity index is 1.71. The number of rotatable bonds is 6. The van der Waals surface area contributed by atoms with Crippen LogP contribution in [-0.2, 0) is 14.8 Å². The maximum absolute atomic E-state index is 12.6. The number of halogens is 1. The van der Waals surface area contributed by atoms with E-state index in [0.29, 0.717) is 35.8 Å². The van der Waals surface area contributed by atoms with Crippen LogP contribution in [0.2, 0.25) is 5.02 Å². The second kappa shape index (κ2) is 7.73. The maximum atomic E-state index is 12.6. The van der Waals surface area contributed by atoms with Crippen LogP contribution in [0, 0.1) is 0 Å². The topological polar surface area (TPSA) is 114 Å². The molecule has 0 aromatic heterocycles. The van der Waals surface area contributed by atoms with E-state index < -0.39 is 21.8 Å². The van der Waals surface area contributed by atoms with Crippen molar-refractivity contribution in [2.24, 2.45) is 0 Å². The molecule has 0 unspecified atom stereocenters. The molecule has 0 atom stereocenters. The van der Waals surface area contributed by atoms with Crippen molar-refractivity contribution in [2.75, 3.05) is 0 Å². The summed E-state index contributed by atoms with van der Waals surface area (Å²) in [6.45, 7) is 0. The van der Waals surface area contributed by atoms with Crippen LogP contribution in [0.1, 0.15) is 19.3 Å².